The van der Waals surface area contributed by atoms with E-state index in [0.717, 1.165) is 4.90 Å². The Bertz CT molecular complexity index is 627. The topological polar surface area (TPSA) is 82.0 Å². The summed E-state index contributed by atoms with van der Waals surface area (Å²) in [6.07, 6.45) is 0. The number of aromatic nitrogens is 1. The normalized spacial score (nSPS) is 10.8. The summed E-state index contributed by atoms with van der Waals surface area (Å²) in [6, 6.07) is 10.7. The molecule has 0 bridgehead atoms. The molecule has 1 heterocycles. The lowest BCUT2D eigenvalue weighted by molar-refractivity contribution is -0.385. The minimum absolute atomic E-state index is 0.0428. The molecule has 1 aromatic carbocycles. The maximum absolute atomic E-state index is 10.8. The molecule has 1 aromatic heterocycles. The lowest BCUT2D eigenvalue weighted by Crippen LogP contribution is -1.95. The second-order valence-electron chi connectivity index (χ2n) is 4.67. The molecule has 0 saturated carbocycles. The van der Waals surface area contributed by atoms with E-state index in [1.54, 1.807) is 0 Å². The van der Waals surface area contributed by atoms with Crippen molar-refractivity contribution < 1.29 is 4.92 Å². The molecule has 5 nitrogen and oxygen atoms in total. The van der Waals surface area contributed by atoms with Gasteiger partial charge in [-0.1, -0.05) is 37.7 Å². The third-order valence-electron chi connectivity index (χ3n) is 2.79. The van der Waals surface area contributed by atoms with E-state index in [-0.39, 0.29) is 11.5 Å². The summed E-state index contributed by atoms with van der Waals surface area (Å²) < 4.78 is 0. The Morgan fingerprint density at radius 2 is 1.90 bits per heavy atom. The van der Waals surface area contributed by atoms with Crippen LogP contribution in [0.2, 0.25) is 0 Å². The number of hydrogen-bond acceptors (Lipinski definition) is 5. The molecule has 0 fully saturated rings. The van der Waals surface area contributed by atoms with Gasteiger partial charge in [-0.25, -0.2) is 4.98 Å². The van der Waals surface area contributed by atoms with E-state index in [4.69, 9.17) is 5.73 Å². The van der Waals surface area contributed by atoms with Crippen molar-refractivity contribution in [2.24, 2.45) is 0 Å². The summed E-state index contributed by atoms with van der Waals surface area (Å²) in [7, 11) is 0. The first kappa shape index (κ1) is 14.3. The lowest BCUT2D eigenvalue weighted by Gasteiger charge is -2.06. The third kappa shape index (κ3) is 3.48. The Kier molecular flexibility index (Phi) is 4.24. The van der Waals surface area contributed by atoms with E-state index in [2.05, 4.69) is 18.8 Å². The summed E-state index contributed by atoms with van der Waals surface area (Å²) in [4.78, 5) is 15.4. The zero-order valence-electron chi connectivity index (χ0n) is 11.2. The van der Waals surface area contributed by atoms with Crippen molar-refractivity contribution in [2.45, 2.75) is 29.7 Å². The highest BCUT2D eigenvalue weighted by atomic mass is 32.2. The van der Waals surface area contributed by atoms with Gasteiger partial charge in [-0.2, -0.15) is 0 Å². The van der Waals surface area contributed by atoms with Gasteiger partial charge in [0.15, 0.2) is 0 Å². The van der Waals surface area contributed by atoms with Crippen LogP contribution in [-0.4, -0.2) is 9.91 Å². The number of nitrogens with zero attached hydrogens (tertiary/aromatic N) is 2. The van der Waals surface area contributed by atoms with Crippen molar-refractivity contribution in [3.63, 3.8) is 0 Å². The highest BCUT2D eigenvalue weighted by Crippen LogP contribution is 2.30. The van der Waals surface area contributed by atoms with Gasteiger partial charge >= 0.3 is 0 Å². The first-order chi connectivity index (χ1) is 9.45. The zero-order valence-corrected chi connectivity index (χ0v) is 12.1. The standard InChI is InChI=1S/C14H15N3O2S/c1-9(2)10-3-5-12(6-4-10)20-14-8-11(17(18)19)7-13(15)16-14/h3-9H,1-2H3,(H2,15,16). The molecule has 6 heteroatoms. The molecule has 104 valence electrons. The Morgan fingerprint density at radius 3 is 2.45 bits per heavy atom. The fraction of sp³-hybridized carbons (Fsp3) is 0.214. The smallest absolute Gasteiger partial charge is 0.275 e. The SMILES string of the molecule is CC(C)c1ccc(Sc2cc([N+](=O)[O-])cc(N)n2)cc1. The van der Waals surface area contributed by atoms with Gasteiger partial charge in [0.05, 0.1) is 11.0 Å². The predicted octanol–water partition coefficient (Wildman–Crippen LogP) is 3.85. The van der Waals surface area contributed by atoms with Gasteiger partial charge in [-0.15, -0.1) is 0 Å². The summed E-state index contributed by atoms with van der Waals surface area (Å²) in [6.45, 7) is 4.26. The number of benzene rings is 1. The van der Waals surface area contributed by atoms with Crippen LogP contribution in [0.15, 0.2) is 46.3 Å². The summed E-state index contributed by atoms with van der Waals surface area (Å²) in [5.41, 5.74) is 6.79. The molecule has 0 radical (unpaired) electrons. The minimum atomic E-state index is -0.468. The number of rotatable bonds is 4. The van der Waals surface area contributed by atoms with E-state index < -0.39 is 4.92 Å². The van der Waals surface area contributed by atoms with E-state index in [1.807, 2.05) is 24.3 Å². The van der Waals surface area contributed by atoms with Crippen molar-refractivity contribution in [1.29, 1.82) is 0 Å². The van der Waals surface area contributed by atoms with Gasteiger partial charge in [-0.3, -0.25) is 10.1 Å². The molecule has 20 heavy (non-hydrogen) atoms. The summed E-state index contributed by atoms with van der Waals surface area (Å²) in [5, 5.41) is 11.3. The Hall–Kier alpha value is -2.08. The summed E-state index contributed by atoms with van der Waals surface area (Å²) in [5.74, 6) is 0.626. The molecule has 2 rings (SSSR count). The van der Waals surface area contributed by atoms with Crippen LogP contribution in [-0.2, 0) is 0 Å². The Morgan fingerprint density at radius 1 is 1.25 bits per heavy atom. The molecule has 0 unspecified atom stereocenters. The quantitative estimate of drug-likeness (QED) is 0.683. The van der Waals surface area contributed by atoms with Crippen molar-refractivity contribution in [2.75, 3.05) is 5.73 Å². The van der Waals surface area contributed by atoms with Gasteiger partial charge < -0.3 is 5.73 Å². The molecular formula is C14H15N3O2S. The molecule has 2 aromatic rings. The van der Waals surface area contributed by atoms with Gasteiger partial charge in [0.2, 0.25) is 0 Å². The molecular weight excluding hydrogens is 274 g/mol. The predicted molar refractivity (Wildman–Crippen MR) is 80.0 cm³/mol. The average Bonchev–Trinajstić information content (AvgIpc) is 2.38. The van der Waals surface area contributed by atoms with Crippen LogP contribution in [0.25, 0.3) is 0 Å². The highest BCUT2D eigenvalue weighted by Gasteiger charge is 2.11. The molecule has 0 saturated heterocycles. The highest BCUT2D eigenvalue weighted by molar-refractivity contribution is 7.99. The van der Waals surface area contributed by atoms with Gasteiger partial charge in [0.1, 0.15) is 10.8 Å². The first-order valence-corrected chi connectivity index (χ1v) is 6.97. The van der Waals surface area contributed by atoms with Crippen molar-refractivity contribution in [3.05, 3.63) is 52.1 Å². The van der Waals surface area contributed by atoms with Crippen LogP contribution in [0.1, 0.15) is 25.3 Å². The van der Waals surface area contributed by atoms with Crippen LogP contribution in [0.3, 0.4) is 0 Å². The maximum Gasteiger partial charge on any atom is 0.275 e. The van der Waals surface area contributed by atoms with Crippen LogP contribution < -0.4 is 5.73 Å². The van der Waals surface area contributed by atoms with Gasteiger partial charge in [0.25, 0.3) is 5.69 Å². The van der Waals surface area contributed by atoms with Crippen molar-refractivity contribution in [1.82, 2.24) is 4.98 Å². The van der Waals surface area contributed by atoms with Crippen LogP contribution in [0, 0.1) is 10.1 Å². The number of nitrogen functional groups attached to an aromatic ring is 1. The largest absolute Gasteiger partial charge is 0.383 e. The second kappa shape index (κ2) is 5.92. The van der Waals surface area contributed by atoms with E-state index in [9.17, 15) is 10.1 Å². The van der Waals surface area contributed by atoms with Gasteiger partial charge in [0, 0.05) is 11.0 Å². The average molecular weight is 289 g/mol. The Labute approximate surface area is 121 Å². The number of pyridine rings is 1. The number of anilines is 1. The number of nitro groups is 1. The Balaban J connectivity index is 2.23. The lowest BCUT2D eigenvalue weighted by atomic mass is 10.0. The zero-order chi connectivity index (χ0) is 14.7. The van der Waals surface area contributed by atoms with E-state index in [0.29, 0.717) is 10.9 Å². The monoisotopic (exact) mass is 289 g/mol. The van der Waals surface area contributed by atoms with E-state index >= 15 is 0 Å². The molecule has 2 N–H and O–H groups in total. The fourth-order valence-electron chi connectivity index (χ4n) is 1.71. The van der Waals surface area contributed by atoms with Crippen LogP contribution in [0.4, 0.5) is 11.5 Å². The number of hydrogen-bond donors (Lipinski definition) is 1. The third-order valence-corrected chi connectivity index (χ3v) is 3.71. The summed E-state index contributed by atoms with van der Waals surface area (Å²) >= 11 is 1.36. The van der Waals surface area contributed by atoms with Crippen LogP contribution >= 0.6 is 11.8 Å². The van der Waals surface area contributed by atoms with Crippen LogP contribution in [0.5, 0.6) is 0 Å². The molecule has 0 atom stereocenters. The fourth-order valence-corrected chi connectivity index (χ4v) is 2.56. The molecule has 0 aliphatic heterocycles. The minimum Gasteiger partial charge on any atom is -0.383 e. The van der Waals surface area contributed by atoms with Crippen molar-refractivity contribution >= 4 is 23.3 Å². The first-order valence-electron chi connectivity index (χ1n) is 6.15. The van der Waals surface area contributed by atoms with Crippen molar-refractivity contribution in [3.8, 4) is 0 Å². The van der Waals surface area contributed by atoms with Gasteiger partial charge in [-0.05, 0) is 23.6 Å². The molecule has 0 amide bonds. The maximum atomic E-state index is 10.8. The molecule has 0 spiro atoms. The molecule has 0 aliphatic carbocycles. The van der Waals surface area contributed by atoms with E-state index in [1.165, 1.54) is 29.5 Å². The second-order valence-corrected chi connectivity index (χ2v) is 5.77. The number of nitrogens with two attached hydrogens (primary N) is 1. The molecule has 0 aliphatic rings.